The highest BCUT2D eigenvalue weighted by molar-refractivity contribution is 6.08. The van der Waals surface area contributed by atoms with E-state index < -0.39 is 17.5 Å². The SMILES string of the molecule is C[C@@H]1CCCC[C@@H]1OCC(=O)NN1C(=O)NC2(CCCCC2)C1=O. The highest BCUT2D eigenvalue weighted by Crippen LogP contribution is 2.33. The zero-order valence-electron chi connectivity index (χ0n) is 14.3. The third-order valence-corrected chi connectivity index (χ3v) is 5.57. The van der Waals surface area contributed by atoms with E-state index in [1.54, 1.807) is 0 Å². The molecule has 1 saturated heterocycles. The van der Waals surface area contributed by atoms with Gasteiger partial charge in [0, 0.05) is 0 Å². The molecule has 2 aliphatic carbocycles. The Labute approximate surface area is 142 Å². The number of ether oxygens (including phenoxy) is 1. The van der Waals surface area contributed by atoms with Crippen molar-refractivity contribution in [2.75, 3.05) is 6.61 Å². The molecule has 0 aromatic rings. The Morgan fingerprint density at radius 1 is 1.21 bits per heavy atom. The highest BCUT2D eigenvalue weighted by atomic mass is 16.5. The molecule has 0 radical (unpaired) electrons. The van der Waals surface area contributed by atoms with Gasteiger partial charge in [-0.2, -0.15) is 5.01 Å². The van der Waals surface area contributed by atoms with E-state index in [0.29, 0.717) is 18.8 Å². The van der Waals surface area contributed by atoms with Crippen LogP contribution in [0.4, 0.5) is 4.79 Å². The molecule has 7 nitrogen and oxygen atoms in total. The summed E-state index contributed by atoms with van der Waals surface area (Å²) in [7, 11) is 0. The molecular weight excluding hydrogens is 310 g/mol. The summed E-state index contributed by atoms with van der Waals surface area (Å²) in [5.41, 5.74) is 1.59. The van der Waals surface area contributed by atoms with E-state index in [9.17, 15) is 14.4 Å². The first-order valence-corrected chi connectivity index (χ1v) is 9.10. The Balaban J connectivity index is 1.52. The lowest BCUT2D eigenvalue weighted by molar-refractivity contribution is -0.143. The molecule has 0 bridgehead atoms. The van der Waals surface area contributed by atoms with E-state index in [2.05, 4.69) is 17.7 Å². The molecule has 1 aliphatic heterocycles. The molecule has 3 aliphatic rings. The number of rotatable bonds is 4. The Morgan fingerprint density at radius 3 is 2.62 bits per heavy atom. The normalized spacial score (nSPS) is 29.6. The van der Waals surface area contributed by atoms with E-state index >= 15 is 0 Å². The third-order valence-electron chi connectivity index (χ3n) is 5.57. The second-order valence-corrected chi connectivity index (χ2v) is 7.36. The van der Waals surface area contributed by atoms with Gasteiger partial charge in [0.2, 0.25) is 0 Å². The van der Waals surface area contributed by atoms with E-state index in [-0.39, 0.29) is 18.6 Å². The van der Waals surface area contributed by atoms with Crippen molar-refractivity contribution in [2.45, 2.75) is 76.4 Å². The number of urea groups is 1. The lowest BCUT2D eigenvalue weighted by atomic mass is 9.82. The molecule has 0 unspecified atom stereocenters. The summed E-state index contributed by atoms with van der Waals surface area (Å²) in [6, 6.07) is -0.540. The van der Waals surface area contributed by atoms with Crippen molar-refractivity contribution in [3.63, 3.8) is 0 Å². The number of nitrogens with zero attached hydrogens (tertiary/aromatic N) is 1. The summed E-state index contributed by atoms with van der Waals surface area (Å²) < 4.78 is 5.69. The van der Waals surface area contributed by atoms with Crippen molar-refractivity contribution in [1.29, 1.82) is 0 Å². The van der Waals surface area contributed by atoms with Crippen LogP contribution in [-0.4, -0.2) is 41.1 Å². The predicted octanol–water partition coefficient (Wildman–Crippen LogP) is 1.87. The first kappa shape index (κ1) is 17.2. The van der Waals surface area contributed by atoms with Crippen LogP contribution >= 0.6 is 0 Å². The van der Waals surface area contributed by atoms with Crippen LogP contribution in [0.5, 0.6) is 0 Å². The van der Waals surface area contributed by atoms with Crippen LogP contribution in [0.25, 0.3) is 0 Å². The number of carbonyl (C=O) groups excluding carboxylic acids is 3. The summed E-state index contributed by atoms with van der Waals surface area (Å²) in [6.45, 7) is 2.01. The van der Waals surface area contributed by atoms with Crippen molar-refractivity contribution in [2.24, 2.45) is 5.92 Å². The third kappa shape index (κ3) is 3.41. The topological polar surface area (TPSA) is 87.7 Å². The molecule has 134 valence electrons. The number of hydrogen-bond donors (Lipinski definition) is 2. The number of carbonyl (C=O) groups is 3. The zero-order valence-corrected chi connectivity index (χ0v) is 14.3. The minimum Gasteiger partial charge on any atom is -0.368 e. The van der Waals surface area contributed by atoms with Gasteiger partial charge in [-0.1, -0.05) is 39.0 Å². The maximum atomic E-state index is 12.6. The minimum absolute atomic E-state index is 0.0808. The monoisotopic (exact) mass is 337 g/mol. The lowest BCUT2D eigenvalue weighted by Crippen LogP contribution is -2.51. The zero-order chi connectivity index (χ0) is 17.2. The molecule has 1 spiro atoms. The van der Waals surface area contributed by atoms with Crippen LogP contribution < -0.4 is 10.7 Å². The predicted molar refractivity (Wildman–Crippen MR) is 86.7 cm³/mol. The smallest absolute Gasteiger partial charge is 0.344 e. The van der Waals surface area contributed by atoms with Gasteiger partial charge in [-0.05, 0) is 31.6 Å². The standard InChI is InChI=1S/C17H27N3O4/c1-12-7-3-4-8-13(12)24-11-14(21)19-20-15(22)17(18-16(20)23)9-5-2-6-10-17/h12-13H,2-11H2,1H3,(H,18,23)(H,19,21)/t12-,13+/m1/s1. The quantitative estimate of drug-likeness (QED) is 0.767. The maximum absolute atomic E-state index is 12.6. The van der Waals surface area contributed by atoms with E-state index in [0.717, 1.165) is 43.5 Å². The molecular formula is C17H27N3O4. The second kappa shape index (κ2) is 7.09. The Morgan fingerprint density at radius 2 is 1.92 bits per heavy atom. The molecule has 0 aromatic carbocycles. The first-order chi connectivity index (χ1) is 11.5. The van der Waals surface area contributed by atoms with Gasteiger partial charge < -0.3 is 10.1 Å². The van der Waals surface area contributed by atoms with Crippen molar-refractivity contribution < 1.29 is 19.1 Å². The van der Waals surface area contributed by atoms with Crippen LogP contribution in [0, 0.1) is 5.92 Å². The fourth-order valence-corrected chi connectivity index (χ4v) is 4.09. The number of nitrogens with one attached hydrogen (secondary N) is 2. The van der Waals surface area contributed by atoms with Crippen molar-refractivity contribution >= 4 is 17.8 Å². The van der Waals surface area contributed by atoms with Gasteiger partial charge in [0.1, 0.15) is 12.1 Å². The molecule has 2 atom stereocenters. The molecule has 3 fully saturated rings. The van der Waals surface area contributed by atoms with Gasteiger partial charge in [0.05, 0.1) is 6.10 Å². The number of hydrogen-bond acceptors (Lipinski definition) is 4. The molecule has 1 heterocycles. The van der Waals surface area contributed by atoms with Gasteiger partial charge in [0.25, 0.3) is 11.8 Å². The Kier molecular flexibility index (Phi) is 5.08. The van der Waals surface area contributed by atoms with Gasteiger partial charge in [-0.3, -0.25) is 15.0 Å². The molecule has 4 amide bonds. The van der Waals surface area contributed by atoms with Gasteiger partial charge in [0.15, 0.2) is 0 Å². The second-order valence-electron chi connectivity index (χ2n) is 7.36. The molecule has 2 saturated carbocycles. The van der Waals surface area contributed by atoms with Crippen LogP contribution in [0.2, 0.25) is 0 Å². The van der Waals surface area contributed by atoms with Crippen molar-refractivity contribution in [3.05, 3.63) is 0 Å². The minimum atomic E-state index is -0.818. The molecule has 7 heteroatoms. The first-order valence-electron chi connectivity index (χ1n) is 9.10. The molecule has 24 heavy (non-hydrogen) atoms. The number of imide groups is 1. The van der Waals surface area contributed by atoms with E-state index in [1.165, 1.54) is 6.42 Å². The Hall–Kier alpha value is -1.63. The van der Waals surface area contributed by atoms with Crippen LogP contribution in [0.15, 0.2) is 0 Å². The summed E-state index contributed by atoms with van der Waals surface area (Å²) in [4.78, 5) is 36.8. The Bertz CT molecular complexity index is 516. The molecule has 3 rings (SSSR count). The van der Waals surface area contributed by atoms with Gasteiger partial charge in [-0.15, -0.1) is 0 Å². The molecule has 2 N–H and O–H groups in total. The fourth-order valence-electron chi connectivity index (χ4n) is 4.09. The van der Waals surface area contributed by atoms with Crippen LogP contribution in [0.1, 0.15) is 64.7 Å². The van der Waals surface area contributed by atoms with Crippen LogP contribution in [-0.2, 0) is 14.3 Å². The van der Waals surface area contributed by atoms with Gasteiger partial charge >= 0.3 is 6.03 Å². The largest absolute Gasteiger partial charge is 0.368 e. The average molecular weight is 337 g/mol. The number of hydrazine groups is 1. The summed E-state index contributed by atoms with van der Waals surface area (Å²) in [5.74, 6) is -0.357. The molecule has 0 aromatic heterocycles. The van der Waals surface area contributed by atoms with Crippen molar-refractivity contribution in [1.82, 2.24) is 15.8 Å². The maximum Gasteiger partial charge on any atom is 0.344 e. The highest BCUT2D eigenvalue weighted by Gasteiger charge is 2.52. The summed E-state index contributed by atoms with van der Waals surface area (Å²) in [5, 5.41) is 3.60. The van der Waals surface area contributed by atoms with Crippen LogP contribution in [0.3, 0.4) is 0 Å². The summed E-state index contributed by atoms with van der Waals surface area (Å²) in [6.07, 6.45) is 8.65. The average Bonchev–Trinajstić information content (AvgIpc) is 2.79. The number of amides is 4. The van der Waals surface area contributed by atoms with Gasteiger partial charge in [-0.25, -0.2) is 4.79 Å². The summed E-state index contributed by atoms with van der Waals surface area (Å²) >= 11 is 0. The fraction of sp³-hybridized carbons (Fsp3) is 0.824. The lowest BCUT2D eigenvalue weighted by Gasteiger charge is -2.30. The van der Waals surface area contributed by atoms with E-state index in [1.807, 2.05) is 0 Å². The van der Waals surface area contributed by atoms with E-state index in [4.69, 9.17) is 4.74 Å². The van der Waals surface area contributed by atoms with Crippen molar-refractivity contribution in [3.8, 4) is 0 Å².